The third kappa shape index (κ3) is 1.78. The van der Waals surface area contributed by atoms with Gasteiger partial charge in [-0.05, 0) is 17.7 Å². The third-order valence-electron chi connectivity index (χ3n) is 3.98. The average molecular weight is 321 g/mol. The molecule has 0 fully saturated rings. The van der Waals surface area contributed by atoms with E-state index in [0.717, 1.165) is 27.0 Å². The molecule has 3 heterocycles. The first kappa shape index (κ1) is 12.7. The molecule has 2 aromatic carbocycles. The van der Waals surface area contributed by atoms with Gasteiger partial charge in [-0.2, -0.15) is 4.68 Å². The molecule has 1 N–H and O–H groups in total. The normalized spacial score (nSPS) is 12.7. The molecule has 1 aliphatic rings. The number of nitrogens with zero attached hydrogens (tertiary/aromatic N) is 2. The fraction of sp³-hybridized carbons (Fsp3) is 0.0588. The maximum absolute atomic E-state index is 12.7. The lowest BCUT2D eigenvalue weighted by Crippen LogP contribution is -2.16. The predicted octanol–water partition coefficient (Wildman–Crippen LogP) is 3.33. The largest absolute Gasteiger partial charge is 0.481 e. The van der Waals surface area contributed by atoms with E-state index in [4.69, 9.17) is 4.74 Å². The zero-order valence-corrected chi connectivity index (χ0v) is 12.8. The van der Waals surface area contributed by atoms with E-state index in [-0.39, 0.29) is 5.56 Å². The molecule has 2 aromatic heterocycles. The summed E-state index contributed by atoms with van der Waals surface area (Å²) in [7, 11) is 0. The second kappa shape index (κ2) is 4.57. The summed E-state index contributed by atoms with van der Waals surface area (Å²) in [5.74, 6) is 0.364. The van der Waals surface area contributed by atoms with Crippen molar-refractivity contribution in [2.24, 2.45) is 0 Å². The fourth-order valence-corrected chi connectivity index (χ4v) is 3.79. The SMILES string of the molecule is O=c1c2c([nH]n1-c1nc3ccccc3s1)-c1ccccc1CO2. The van der Waals surface area contributed by atoms with Gasteiger partial charge in [0.25, 0.3) is 0 Å². The highest BCUT2D eigenvalue weighted by molar-refractivity contribution is 7.20. The number of para-hydroxylation sites is 1. The number of fused-ring (bicyclic) bond motifs is 4. The van der Waals surface area contributed by atoms with Crippen LogP contribution in [0.15, 0.2) is 53.3 Å². The lowest BCUT2D eigenvalue weighted by atomic mass is 10.0. The van der Waals surface area contributed by atoms with E-state index in [9.17, 15) is 4.79 Å². The standard InChI is InChI=1S/C17H11N3O2S/c21-16-15-14(11-6-2-1-5-10(11)9-22-15)19-20(16)17-18-12-7-3-4-8-13(12)23-17/h1-8,19H,9H2. The fourth-order valence-electron chi connectivity index (χ4n) is 2.87. The maximum atomic E-state index is 12.7. The Kier molecular flexibility index (Phi) is 2.51. The molecule has 112 valence electrons. The van der Waals surface area contributed by atoms with Gasteiger partial charge in [-0.1, -0.05) is 47.7 Å². The summed E-state index contributed by atoms with van der Waals surface area (Å²) in [6, 6.07) is 15.8. The molecular formula is C17H11N3O2S. The van der Waals surface area contributed by atoms with Gasteiger partial charge in [0, 0.05) is 5.56 Å². The van der Waals surface area contributed by atoms with E-state index >= 15 is 0 Å². The molecule has 0 spiro atoms. The van der Waals surface area contributed by atoms with Crippen LogP contribution in [0.1, 0.15) is 5.56 Å². The first-order valence-electron chi connectivity index (χ1n) is 7.23. The van der Waals surface area contributed by atoms with Gasteiger partial charge < -0.3 is 4.74 Å². The second-order valence-corrected chi connectivity index (χ2v) is 6.38. The van der Waals surface area contributed by atoms with Gasteiger partial charge >= 0.3 is 5.56 Å². The molecule has 5 nitrogen and oxygen atoms in total. The lowest BCUT2D eigenvalue weighted by Gasteiger charge is -2.15. The van der Waals surface area contributed by atoms with Crippen molar-refractivity contribution in [3.8, 4) is 22.1 Å². The van der Waals surface area contributed by atoms with Crippen molar-refractivity contribution < 1.29 is 4.74 Å². The quantitative estimate of drug-likeness (QED) is 0.585. The van der Waals surface area contributed by atoms with Crippen LogP contribution in [0.2, 0.25) is 0 Å². The number of aromatic amines is 1. The molecule has 0 saturated carbocycles. The minimum Gasteiger partial charge on any atom is -0.481 e. The average Bonchev–Trinajstić information content (AvgIpc) is 3.16. The van der Waals surface area contributed by atoms with Crippen molar-refractivity contribution in [3.63, 3.8) is 0 Å². The number of aromatic nitrogens is 3. The van der Waals surface area contributed by atoms with Crippen LogP contribution in [0, 0.1) is 0 Å². The second-order valence-electron chi connectivity index (χ2n) is 5.37. The summed E-state index contributed by atoms with van der Waals surface area (Å²) in [5, 5.41) is 3.78. The highest BCUT2D eigenvalue weighted by Crippen LogP contribution is 2.34. The first-order valence-corrected chi connectivity index (χ1v) is 8.05. The van der Waals surface area contributed by atoms with Gasteiger partial charge in [0.15, 0.2) is 0 Å². The number of benzene rings is 2. The van der Waals surface area contributed by atoms with E-state index in [1.54, 1.807) is 0 Å². The van der Waals surface area contributed by atoms with Crippen LogP contribution in [-0.4, -0.2) is 14.8 Å². The van der Waals surface area contributed by atoms with E-state index < -0.39 is 0 Å². The number of thiazole rings is 1. The highest BCUT2D eigenvalue weighted by atomic mass is 32.1. The predicted molar refractivity (Wildman–Crippen MR) is 89.3 cm³/mol. The Bertz CT molecular complexity index is 1070. The van der Waals surface area contributed by atoms with E-state index in [2.05, 4.69) is 10.1 Å². The molecule has 0 bridgehead atoms. The van der Waals surface area contributed by atoms with Crippen LogP contribution in [-0.2, 0) is 6.61 Å². The molecule has 0 aliphatic carbocycles. The molecule has 6 heteroatoms. The molecule has 5 rings (SSSR count). The van der Waals surface area contributed by atoms with Crippen molar-refractivity contribution >= 4 is 21.6 Å². The smallest absolute Gasteiger partial charge is 0.316 e. The summed E-state index contributed by atoms with van der Waals surface area (Å²) < 4.78 is 8.18. The van der Waals surface area contributed by atoms with E-state index in [0.29, 0.717) is 17.5 Å². The maximum Gasteiger partial charge on any atom is 0.316 e. The number of ether oxygens (including phenoxy) is 1. The number of hydrogen-bond acceptors (Lipinski definition) is 4. The van der Waals surface area contributed by atoms with Crippen LogP contribution < -0.4 is 10.3 Å². The number of hydrogen-bond donors (Lipinski definition) is 1. The summed E-state index contributed by atoms with van der Waals surface area (Å²) in [5.41, 5.74) is 3.47. The molecule has 4 aromatic rings. The Morgan fingerprint density at radius 3 is 2.87 bits per heavy atom. The van der Waals surface area contributed by atoms with E-state index in [1.807, 2.05) is 48.5 Å². The van der Waals surface area contributed by atoms with Gasteiger partial charge in [0.2, 0.25) is 10.9 Å². The Balaban J connectivity index is 1.75. The zero-order valence-electron chi connectivity index (χ0n) is 11.9. The zero-order chi connectivity index (χ0) is 15.4. The van der Waals surface area contributed by atoms with Crippen molar-refractivity contribution in [2.45, 2.75) is 6.61 Å². The summed E-state index contributed by atoms with van der Waals surface area (Å²) in [6.45, 7) is 0.413. The minimum absolute atomic E-state index is 0.200. The first-order chi connectivity index (χ1) is 11.3. The summed E-state index contributed by atoms with van der Waals surface area (Å²) in [6.07, 6.45) is 0. The van der Waals surface area contributed by atoms with Gasteiger partial charge in [-0.3, -0.25) is 9.89 Å². The van der Waals surface area contributed by atoms with Gasteiger partial charge in [-0.15, -0.1) is 0 Å². The Hall–Kier alpha value is -2.86. The Morgan fingerprint density at radius 1 is 1.13 bits per heavy atom. The van der Waals surface area contributed by atoms with Crippen LogP contribution in [0.4, 0.5) is 0 Å². The lowest BCUT2D eigenvalue weighted by molar-refractivity contribution is 0.299. The molecule has 0 amide bonds. The summed E-state index contributed by atoms with van der Waals surface area (Å²) in [4.78, 5) is 17.2. The number of nitrogens with one attached hydrogen (secondary N) is 1. The van der Waals surface area contributed by atoms with Crippen LogP contribution in [0.5, 0.6) is 5.75 Å². The Morgan fingerprint density at radius 2 is 1.96 bits per heavy atom. The number of rotatable bonds is 1. The third-order valence-corrected chi connectivity index (χ3v) is 5.00. The molecule has 0 atom stereocenters. The van der Waals surface area contributed by atoms with Crippen molar-refractivity contribution in [3.05, 3.63) is 64.4 Å². The van der Waals surface area contributed by atoms with Gasteiger partial charge in [-0.25, -0.2) is 4.98 Å². The van der Waals surface area contributed by atoms with E-state index in [1.165, 1.54) is 16.0 Å². The van der Waals surface area contributed by atoms with Gasteiger partial charge in [0.05, 0.1) is 10.2 Å². The van der Waals surface area contributed by atoms with Gasteiger partial charge in [0.1, 0.15) is 12.3 Å². The molecular weight excluding hydrogens is 310 g/mol. The van der Waals surface area contributed by atoms with Crippen molar-refractivity contribution in [1.82, 2.24) is 14.8 Å². The number of H-pyrrole nitrogens is 1. The van der Waals surface area contributed by atoms with Crippen LogP contribution in [0.25, 0.3) is 26.6 Å². The molecule has 0 unspecified atom stereocenters. The highest BCUT2D eigenvalue weighted by Gasteiger charge is 2.25. The monoisotopic (exact) mass is 321 g/mol. The van der Waals surface area contributed by atoms with Crippen molar-refractivity contribution in [1.29, 1.82) is 0 Å². The molecule has 0 radical (unpaired) electrons. The van der Waals surface area contributed by atoms with Crippen LogP contribution in [0.3, 0.4) is 0 Å². The Labute approximate surface area is 134 Å². The molecule has 23 heavy (non-hydrogen) atoms. The summed E-state index contributed by atoms with van der Waals surface area (Å²) >= 11 is 1.47. The van der Waals surface area contributed by atoms with Crippen LogP contribution >= 0.6 is 11.3 Å². The topological polar surface area (TPSA) is 59.9 Å². The van der Waals surface area contributed by atoms with Crippen molar-refractivity contribution in [2.75, 3.05) is 0 Å². The minimum atomic E-state index is -0.200. The molecule has 1 aliphatic heterocycles. The molecule has 0 saturated heterocycles.